The number of guanidine groups is 1. The number of para-hydroxylation sites is 1. The minimum atomic E-state index is -0.346. The number of nitrogens with one attached hydrogen (secondary N) is 2. The second-order valence-electron chi connectivity index (χ2n) is 5.28. The highest BCUT2D eigenvalue weighted by molar-refractivity contribution is 14.0. The van der Waals surface area contributed by atoms with Crippen LogP contribution in [0.5, 0.6) is 5.75 Å². The van der Waals surface area contributed by atoms with Gasteiger partial charge in [-0.15, -0.1) is 24.0 Å². The SMILES string of the molecule is CCNC(=NCC(CC)Oc1ccccc1F)NCCCOCC.I. The van der Waals surface area contributed by atoms with Crippen molar-refractivity contribution in [1.82, 2.24) is 10.6 Å². The van der Waals surface area contributed by atoms with Crippen LogP contribution < -0.4 is 15.4 Å². The first kappa shape index (κ1) is 23.9. The van der Waals surface area contributed by atoms with E-state index in [1.165, 1.54) is 6.07 Å². The van der Waals surface area contributed by atoms with E-state index in [0.29, 0.717) is 6.54 Å². The molecule has 0 aliphatic heterocycles. The maximum atomic E-state index is 13.7. The Kier molecular flexibility index (Phi) is 14.5. The average Bonchev–Trinajstić information content (AvgIpc) is 2.59. The molecule has 0 radical (unpaired) electrons. The van der Waals surface area contributed by atoms with Gasteiger partial charge in [0.1, 0.15) is 6.10 Å². The Bertz CT molecular complexity index is 489. The first-order chi connectivity index (χ1) is 11.7. The summed E-state index contributed by atoms with van der Waals surface area (Å²) in [6, 6.07) is 6.45. The molecule has 0 aliphatic rings. The summed E-state index contributed by atoms with van der Waals surface area (Å²) in [6.45, 7) is 9.51. The van der Waals surface area contributed by atoms with Crippen LogP contribution in [0.2, 0.25) is 0 Å². The van der Waals surface area contributed by atoms with Crippen molar-refractivity contribution in [3.8, 4) is 5.75 Å². The highest BCUT2D eigenvalue weighted by Crippen LogP contribution is 2.18. The average molecular weight is 467 g/mol. The number of hydrogen-bond donors (Lipinski definition) is 2. The number of aliphatic imine (C=N–C) groups is 1. The number of benzene rings is 1. The van der Waals surface area contributed by atoms with Crippen LogP contribution in [0, 0.1) is 5.82 Å². The zero-order valence-electron chi connectivity index (χ0n) is 15.4. The van der Waals surface area contributed by atoms with Gasteiger partial charge in [-0.25, -0.2) is 9.38 Å². The summed E-state index contributed by atoms with van der Waals surface area (Å²) >= 11 is 0. The third-order valence-corrected chi connectivity index (χ3v) is 3.34. The molecule has 1 rings (SSSR count). The van der Waals surface area contributed by atoms with E-state index in [-0.39, 0.29) is 41.6 Å². The van der Waals surface area contributed by atoms with Crippen molar-refractivity contribution in [3.63, 3.8) is 0 Å². The van der Waals surface area contributed by atoms with Crippen LogP contribution in [-0.2, 0) is 4.74 Å². The van der Waals surface area contributed by atoms with Gasteiger partial charge in [-0.2, -0.15) is 0 Å². The molecule has 5 nitrogen and oxygen atoms in total. The Hall–Kier alpha value is -1.09. The molecule has 0 fully saturated rings. The predicted octanol–water partition coefficient (Wildman–Crippen LogP) is 3.58. The highest BCUT2D eigenvalue weighted by atomic mass is 127. The molecule has 0 spiro atoms. The summed E-state index contributed by atoms with van der Waals surface area (Å²) in [7, 11) is 0. The Balaban J connectivity index is 0.00000576. The Morgan fingerprint density at radius 1 is 1.20 bits per heavy atom. The minimum Gasteiger partial charge on any atom is -0.485 e. The molecule has 7 heteroatoms. The van der Waals surface area contributed by atoms with Gasteiger partial charge in [0.25, 0.3) is 0 Å². The van der Waals surface area contributed by atoms with Gasteiger partial charge < -0.3 is 20.1 Å². The lowest BCUT2D eigenvalue weighted by Gasteiger charge is -2.17. The quantitative estimate of drug-likeness (QED) is 0.226. The summed E-state index contributed by atoms with van der Waals surface area (Å²) in [5, 5.41) is 6.46. The highest BCUT2D eigenvalue weighted by Gasteiger charge is 2.11. The van der Waals surface area contributed by atoms with Crippen molar-refractivity contribution in [2.24, 2.45) is 4.99 Å². The van der Waals surface area contributed by atoms with Crippen molar-refractivity contribution in [3.05, 3.63) is 30.1 Å². The van der Waals surface area contributed by atoms with Gasteiger partial charge in [0, 0.05) is 26.3 Å². The molecule has 2 N–H and O–H groups in total. The fourth-order valence-electron chi connectivity index (χ4n) is 2.03. The van der Waals surface area contributed by atoms with Gasteiger partial charge in [0.2, 0.25) is 0 Å². The van der Waals surface area contributed by atoms with E-state index >= 15 is 0 Å². The number of hydrogen-bond acceptors (Lipinski definition) is 3. The molecule has 0 heterocycles. The van der Waals surface area contributed by atoms with Crippen molar-refractivity contribution in [2.75, 3.05) is 32.8 Å². The third kappa shape index (κ3) is 10.5. The lowest BCUT2D eigenvalue weighted by Crippen LogP contribution is -2.39. The lowest BCUT2D eigenvalue weighted by molar-refractivity contribution is 0.145. The van der Waals surface area contributed by atoms with Crippen LogP contribution in [0.15, 0.2) is 29.3 Å². The zero-order chi connectivity index (χ0) is 17.6. The van der Waals surface area contributed by atoms with Gasteiger partial charge in [-0.05, 0) is 38.8 Å². The van der Waals surface area contributed by atoms with Crippen molar-refractivity contribution >= 4 is 29.9 Å². The molecule has 1 atom stereocenters. The maximum Gasteiger partial charge on any atom is 0.191 e. The second kappa shape index (κ2) is 15.2. The van der Waals surface area contributed by atoms with Gasteiger partial charge in [-0.1, -0.05) is 19.1 Å². The number of nitrogens with zero attached hydrogens (tertiary/aromatic N) is 1. The smallest absolute Gasteiger partial charge is 0.191 e. The molecule has 1 unspecified atom stereocenters. The first-order valence-electron chi connectivity index (χ1n) is 8.72. The molecule has 144 valence electrons. The molecule has 25 heavy (non-hydrogen) atoms. The summed E-state index contributed by atoms with van der Waals surface area (Å²) < 4.78 is 24.7. The van der Waals surface area contributed by atoms with E-state index in [4.69, 9.17) is 9.47 Å². The second-order valence-corrected chi connectivity index (χ2v) is 5.28. The summed E-state index contributed by atoms with van der Waals surface area (Å²) in [5.74, 6) is 0.666. The largest absolute Gasteiger partial charge is 0.485 e. The van der Waals surface area contributed by atoms with E-state index in [1.807, 2.05) is 20.8 Å². The van der Waals surface area contributed by atoms with Gasteiger partial charge in [0.15, 0.2) is 17.5 Å². The minimum absolute atomic E-state index is 0. The molecule has 0 aromatic heterocycles. The Morgan fingerprint density at radius 2 is 1.96 bits per heavy atom. The van der Waals surface area contributed by atoms with E-state index in [9.17, 15) is 4.39 Å². The molecule has 0 saturated carbocycles. The molecular formula is C18H31FIN3O2. The fourth-order valence-corrected chi connectivity index (χ4v) is 2.03. The monoisotopic (exact) mass is 467 g/mol. The fraction of sp³-hybridized carbons (Fsp3) is 0.611. The maximum absolute atomic E-state index is 13.7. The first-order valence-corrected chi connectivity index (χ1v) is 8.72. The van der Waals surface area contributed by atoms with Crippen molar-refractivity contribution < 1.29 is 13.9 Å². The molecular weight excluding hydrogens is 436 g/mol. The van der Waals surface area contributed by atoms with Crippen LogP contribution >= 0.6 is 24.0 Å². The standard InChI is InChI=1S/C18H30FN3O2.HI/c1-4-15(24-17-11-8-7-10-16(17)19)14-22-18(20-5-2)21-12-9-13-23-6-3;/h7-8,10-11,15H,4-6,9,12-14H2,1-3H3,(H2,20,21,22);1H. The predicted molar refractivity (Wildman–Crippen MR) is 112 cm³/mol. The lowest BCUT2D eigenvalue weighted by atomic mass is 10.2. The summed E-state index contributed by atoms with van der Waals surface area (Å²) in [5.41, 5.74) is 0. The molecule has 0 bridgehead atoms. The Labute approximate surface area is 167 Å². The molecule has 0 amide bonds. The van der Waals surface area contributed by atoms with Crippen LogP contribution in [0.3, 0.4) is 0 Å². The Morgan fingerprint density at radius 3 is 2.60 bits per heavy atom. The van der Waals surface area contributed by atoms with Gasteiger partial charge >= 0.3 is 0 Å². The normalized spacial score (nSPS) is 12.2. The molecule has 0 aliphatic carbocycles. The van der Waals surface area contributed by atoms with E-state index in [0.717, 1.165) is 45.1 Å². The zero-order valence-corrected chi connectivity index (χ0v) is 17.7. The van der Waals surface area contributed by atoms with Crippen LogP contribution in [0.25, 0.3) is 0 Å². The van der Waals surface area contributed by atoms with E-state index < -0.39 is 0 Å². The van der Waals surface area contributed by atoms with Crippen LogP contribution in [0.4, 0.5) is 4.39 Å². The molecule has 0 saturated heterocycles. The molecule has 1 aromatic carbocycles. The molecule has 1 aromatic rings. The number of ether oxygens (including phenoxy) is 2. The number of rotatable bonds is 11. The van der Waals surface area contributed by atoms with Crippen LogP contribution in [-0.4, -0.2) is 44.9 Å². The summed E-state index contributed by atoms with van der Waals surface area (Å²) in [6.07, 6.45) is 1.50. The van der Waals surface area contributed by atoms with Crippen LogP contribution in [0.1, 0.15) is 33.6 Å². The summed E-state index contributed by atoms with van der Waals surface area (Å²) in [4.78, 5) is 4.53. The third-order valence-electron chi connectivity index (χ3n) is 3.34. The number of halogens is 2. The topological polar surface area (TPSA) is 54.9 Å². The van der Waals surface area contributed by atoms with Crippen molar-refractivity contribution in [1.29, 1.82) is 0 Å². The van der Waals surface area contributed by atoms with E-state index in [1.54, 1.807) is 18.2 Å². The van der Waals surface area contributed by atoms with Gasteiger partial charge in [0.05, 0.1) is 6.54 Å². The van der Waals surface area contributed by atoms with E-state index in [2.05, 4.69) is 15.6 Å². The van der Waals surface area contributed by atoms with Gasteiger partial charge in [-0.3, -0.25) is 0 Å². The van der Waals surface area contributed by atoms with Crippen molar-refractivity contribution in [2.45, 2.75) is 39.7 Å².